The SMILES string of the molecule is CC(=O)N(Oc1ccccc1)C(C)(C)C. The van der Waals surface area contributed by atoms with Gasteiger partial charge in [-0.25, -0.2) is 0 Å². The Morgan fingerprint density at radius 3 is 2.13 bits per heavy atom. The van der Waals surface area contributed by atoms with Gasteiger partial charge in [-0.3, -0.25) is 4.79 Å². The number of rotatable bonds is 2. The van der Waals surface area contributed by atoms with E-state index >= 15 is 0 Å². The van der Waals surface area contributed by atoms with Crippen LogP contribution in [0.5, 0.6) is 5.75 Å². The smallest absolute Gasteiger partial charge is 0.252 e. The number of para-hydroxylation sites is 1. The van der Waals surface area contributed by atoms with Gasteiger partial charge in [0.25, 0.3) is 5.91 Å². The zero-order valence-corrected chi connectivity index (χ0v) is 9.65. The highest BCUT2D eigenvalue weighted by Gasteiger charge is 2.26. The second kappa shape index (κ2) is 4.34. The van der Waals surface area contributed by atoms with Gasteiger partial charge < -0.3 is 4.84 Å². The lowest BCUT2D eigenvalue weighted by atomic mass is 10.1. The summed E-state index contributed by atoms with van der Waals surface area (Å²) in [5, 5.41) is 1.38. The summed E-state index contributed by atoms with van der Waals surface area (Å²) in [6.07, 6.45) is 0. The molecule has 0 unspecified atom stereocenters. The molecule has 0 radical (unpaired) electrons. The van der Waals surface area contributed by atoms with Gasteiger partial charge in [-0.1, -0.05) is 18.2 Å². The summed E-state index contributed by atoms with van der Waals surface area (Å²) >= 11 is 0. The average Bonchev–Trinajstić information content (AvgIpc) is 2.13. The molecule has 0 atom stereocenters. The molecule has 1 aromatic carbocycles. The number of amides is 1. The van der Waals surface area contributed by atoms with Crippen molar-refractivity contribution in [2.45, 2.75) is 33.2 Å². The van der Waals surface area contributed by atoms with E-state index in [-0.39, 0.29) is 11.4 Å². The maximum absolute atomic E-state index is 11.4. The highest BCUT2D eigenvalue weighted by atomic mass is 16.7. The van der Waals surface area contributed by atoms with Crippen LogP contribution < -0.4 is 4.84 Å². The fraction of sp³-hybridized carbons (Fsp3) is 0.417. The molecular weight excluding hydrogens is 190 g/mol. The van der Waals surface area contributed by atoms with Crippen molar-refractivity contribution >= 4 is 5.91 Å². The highest BCUT2D eigenvalue weighted by Crippen LogP contribution is 2.18. The topological polar surface area (TPSA) is 29.5 Å². The third-order valence-corrected chi connectivity index (χ3v) is 1.84. The van der Waals surface area contributed by atoms with Crippen molar-refractivity contribution in [3.63, 3.8) is 0 Å². The molecule has 1 amide bonds. The molecule has 1 rings (SSSR count). The van der Waals surface area contributed by atoms with E-state index in [1.54, 1.807) is 0 Å². The Hall–Kier alpha value is -1.51. The largest absolute Gasteiger partial charge is 0.376 e. The summed E-state index contributed by atoms with van der Waals surface area (Å²) in [5.41, 5.74) is -0.346. The lowest BCUT2D eigenvalue weighted by molar-refractivity contribution is -0.172. The molecule has 0 N–H and O–H groups in total. The zero-order chi connectivity index (χ0) is 11.5. The first kappa shape index (κ1) is 11.6. The molecule has 0 fully saturated rings. The second-order valence-corrected chi connectivity index (χ2v) is 4.39. The molecule has 0 spiro atoms. The van der Waals surface area contributed by atoms with Gasteiger partial charge in [0.15, 0.2) is 5.75 Å². The number of carbonyl (C=O) groups is 1. The first-order chi connectivity index (χ1) is 6.91. The number of carbonyl (C=O) groups excluding carboxylic acids is 1. The Kier molecular flexibility index (Phi) is 3.35. The zero-order valence-electron chi connectivity index (χ0n) is 9.65. The molecule has 0 aliphatic heterocycles. The second-order valence-electron chi connectivity index (χ2n) is 4.39. The predicted octanol–water partition coefficient (Wildman–Crippen LogP) is 2.63. The van der Waals surface area contributed by atoms with Gasteiger partial charge in [0.2, 0.25) is 0 Å². The van der Waals surface area contributed by atoms with Crippen molar-refractivity contribution in [3.05, 3.63) is 30.3 Å². The third kappa shape index (κ3) is 3.27. The van der Waals surface area contributed by atoms with Crippen LogP contribution in [0.2, 0.25) is 0 Å². The van der Waals surface area contributed by atoms with Gasteiger partial charge in [0, 0.05) is 6.92 Å². The summed E-state index contributed by atoms with van der Waals surface area (Å²) in [7, 11) is 0. The number of benzene rings is 1. The van der Waals surface area contributed by atoms with Gasteiger partial charge in [0.1, 0.15) is 0 Å². The van der Waals surface area contributed by atoms with Crippen LogP contribution in [0.1, 0.15) is 27.7 Å². The van der Waals surface area contributed by atoms with Gasteiger partial charge in [0.05, 0.1) is 5.54 Å². The number of nitrogens with zero attached hydrogens (tertiary/aromatic N) is 1. The Bertz CT molecular complexity index is 327. The van der Waals surface area contributed by atoms with Crippen molar-refractivity contribution < 1.29 is 9.63 Å². The molecule has 0 aliphatic rings. The minimum atomic E-state index is -0.346. The van der Waals surface area contributed by atoms with E-state index in [0.717, 1.165) is 0 Å². The molecule has 0 saturated carbocycles. The van der Waals surface area contributed by atoms with E-state index in [1.807, 2.05) is 51.1 Å². The summed E-state index contributed by atoms with van der Waals surface area (Å²) in [5.74, 6) is 0.564. The van der Waals surface area contributed by atoms with Crippen LogP contribution in [0.25, 0.3) is 0 Å². The van der Waals surface area contributed by atoms with Gasteiger partial charge in [-0.15, -0.1) is 0 Å². The Balaban J connectivity index is 2.82. The molecule has 3 nitrogen and oxygen atoms in total. The summed E-state index contributed by atoms with van der Waals surface area (Å²) in [4.78, 5) is 16.9. The highest BCUT2D eigenvalue weighted by molar-refractivity contribution is 5.73. The molecule has 0 aliphatic carbocycles. The van der Waals surface area contributed by atoms with Crippen LogP contribution in [0.3, 0.4) is 0 Å². The van der Waals surface area contributed by atoms with Crippen LogP contribution in [0, 0.1) is 0 Å². The van der Waals surface area contributed by atoms with E-state index in [2.05, 4.69) is 0 Å². The van der Waals surface area contributed by atoms with Gasteiger partial charge >= 0.3 is 0 Å². The molecule has 15 heavy (non-hydrogen) atoms. The number of hydrogen-bond donors (Lipinski definition) is 0. The van der Waals surface area contributed by atoms with E-state index in [0.29, 0.717) is 5.75 Å². The van der Waals surface area contributed by atoms with Crippen molar-refractivity contribution in [2.24, 2.45) is 0 Å². The molecule has 0 aromatic heterocycles. The molecule has 0 heterocycles. The Labute approximate surface area is 90.6 Å². The van der Waals surface area contributed by atoms with Crippen molar-refractivity contribution in [2.75, 3.05) is 0 Å². The molecular formula is C12H17NO2. The molecule has 3 heteroatoms. The summed E-state index contributed by atoms with van der Waals surface area (Å²) in [6.45, 7) is 7.28. The van der Waals surface area contributed by atoms with Crippen molar-refractivity contribution in [1.82, 2.24) is 5.06 Å². The molecule has 1 aromatic rings. The lowest BCUT2D eigenvalue weighted by Gasteiger charge is -2.33. The lowest BCUT2D eigenvalue weighted by Crippen LogP contribution is -2.46. The molecule has 0 saturated heterocycles. The fourth-order valence-electron chi connectivity index (χ4n) is 1.26. The van der Waals surface area contributed by atoms with E-state index in [9.17, 15) is 4.79 Å². The average molecular weight is 207 g/mol. The maximum Gasteiger partial charge on any atom is 0.252 e. The normalized spacial score (nSPS) is 10.9. The van der Waals surface area contributed by atoms with Crippen LogP contribution in [0.4, 0.5) is 0 Å². The van der Waals surface area contributed by atoms with Crippen LogP contribution >= 0.6 is 0 Å². The minimum Gasteiger partial charge on any atom is -0.376 e. The van der Waals surface area contributed by atoms with Gasteiger partial charge in [-0.2, -0.15) is 5.06 Å². The quantitative estimate of drug-likeness (QED) is 0.698. The minimum absolute atomic E-state index is 0.105. The van der Waals surface area contributed by atoms with E-state index in [4.69, 9.17) is 4.84 Å². The summed E-state index contributed by atoms with van der Waals surface area (Å²) < 4.78 is 0. The van der Waals surface area contributed by atoms with Crippen LogP contribution in [-0.4, -0.2) is 16.5 Å². The Morgan fingerprint density at radius 2 is 1.73 bits per heavy atom. The Morgan fingerprint density at radius 1 is 1.20 bits per heavy atom. The van der Waals surface area contributed by atoms with Crippen LogP contribution in [-0.2, 0) is 4.79 Å². The standard InChI is InChI=1S/C12H17NO2/c1-10(14)13(12(2,3)4)15-11-8-6-5-7-9-11/h5-9H,1-4H3. The number of hydrogen-bond acceptors (Lipinski definition) is 2. The monoisotopic (exact) mass is 207 g/mol. The summed E-state index contributed by atoms with van der Waals surface area (Å²) in [6, 6.07) is 9.29. The van der Waals surface area contributed by atoms with Gasteiger partial charge in [-0.05, 0) is 32.9 Å². The first-order valence-electron chi connectivity index (χ1n) is 4.95. The molecule has 82 valence electrons. The van der Waals surface area contributed by atoms with E-state index in [1.165, 1.54) is 12.0 Å². The van der Waals surface area contributed by atoms with Crippen molar-refractivity contribution in [1.29, 1.82) is 0 Å². The molecule has 0 bridgehead atoms. The first-order valence-corrected chi connectivity index (χ1v) is 4.95. The maximum atomic E-state index is 11.4. The fourth-order valence-corrected chi connectivity index (χ4v) is 1.26. The third-order valence-electron chi connectivity index (χ3n) is 1.84. The predicted molar refractivity (Wildman–Crippen MR) is 59.3 cm³/mol. The van der Waals surface area contributed by atoms with Crippen LogP contribution in [0.15, 0.2) is 30.3 Å². The van der Waals surface area contributed by atoms with E-state index < -0.39 is 0 Å². The van der Waals surface area contributed by atoms with Crippen molar-refractivity contribution in [3.8, 4) is 5.75 Å². The number of hydroxylamine groups is 2.